The molecule has 10 nitrogen and oxygen atoms in total. The molecule has 0 unspecified atom stereocenters. The number of carbonyl (C=O) groups excluding carboxylic acids is 1. The van der Waals surface area contributed by atoms with Crippen LogP contribution in [0.3, 0.4) is 0 Å². The van der Waals surface area contributed by atoms with E-state index in [0.29, 0.717) is 37.2 Å². The van der Waals surface area contributed by atoms with Crippen molar-refractivity contribution in [2.45, 2.75) is 32.4 Å². The average Bonchev–Trinajstić information content (AvgIpc) is 3.65. The van der Waals surface area contributed by atoms with Gasteiger partial charge >= 0.3 is 0 Å². The molecular weight excluding hydrogens is 492 g/mol. The fourth-order valence-corrected chi connectivity index (χ4v) is 5.82. The van der Waals surface area contributed by atoms with Gasteiger partial charge in [0.05, 0.1) is 36.5 Å². The molecule has 6 rings (SSSR count). The first-order valence-corrected chi connectivity index (χ1v) is 14.0. The number of nitrogens with zero attached hydrogens (tertiary/aromatic N) is 5. The highest BCUT2D eigenvalue weighted by molar-refractivity contribution is 6.06. The van der Waals surface area contributed by atoms with E-state index in [1.165, 1.54) is 12.1 Å². The Hall–Kier alpha value is -3.31. The van der Waals surface area contributed by atoms with Crippen LogP contribution in [0.4, 0.5) is 5.82 Å². The summed E-state index contributed by atoms with van der Waals surface area (Å²) in [5.74, 6) is 0.340. The SMILES string of the molecule is Cc1nn(CCOCCN2CCNCC2)c2cc(C(=O)Nc3cc4[nH]c([C@H]5CCCN5C)cc4cn3)ccc12. The van der Waals surface area contributed by atoms with Gasteiger partial charge in [0.25, 0.3) is 5.91 Å². The van der Waals surface area contributed by atoms with Crippen LogP contribution in [0.5, 0.6) is 0 Å². The minimum absolute atomic E-state index is 0.191. The normalized spacial score (nSPS) is 18.9. The minimum Gasteiger partial charge on any atom is -0.378 e. The number of aromatic amines is 1. The van der Waals surface area contributed by atoms with Crippen LogP contribution < -0.4 is 10.6 Å². The van der Waals surface area contributed by atoms with Gasteiger partial charge < -0.3 is 20.4 Å². The zero-order valence-corrected chi connectivity index (χ0v) is 22.9. The first-order chi connectivity index (χ1) is 19.0. The standard InChI is InChI=1S/C29H38N8O2/c1-20-23-6-5-21(17-27(23)37(34-20)13-15-39-14-12-36-10-7-30-8-11-36)29(38)33-28-18-24-22(19-31-28)16-25(32-24)26-4-3-9-35(26)2/h5-6,16-19,26,30,32H,3-4,7-15H2,1-2H3,(H,31,33,38)/t26-/m1/s1. The van der Waals surface area contributed by atoms with Gasteiger partial charge in [-0.05, 0) is 51.6 Å². The van der Waals surface area contributed by atoms with Crippen molar-refractivity contribution < 1.29 is 9.53 Å². The van der Waals surface area contributed by atoms with Crippen molar-refractivity contribution in [3.05, 3.63) is 53.5 Å². The number of benzene rings is 1. The minimum atomic E-state index is -0.191. The Bertz CT molecular complexity index is 1450. The zero-order valence-electron chi connectivity index (χ0n) is 22.9. The summed E-state index contributed by atoms with van der Waals surface area (Å²) in [6, 6.07) is 10.2. The van der Waals surface area contributed by atoms with E-state index in [4.69, 9.17) is 9.84 Å². The van der Waals surface area contributed by atoms with Crippen LogP contribution >= 0.6 is 0 Å². The lowest BCUT2D eigenvalue weighted by Gasteiger charge is -2.26. The van der Waals surface area contributed by atoms with E-state index >= 15 is 0 Å². The van der Waals surface area contributed by atoms with E-state index in [0.717, 1.165) is 73.2 Å². The number of piperazine rings is 1. The topological polar surface area (TPSA) is 103 Å². The van der Waals surface area contributed by atoms with E-state index in [1.54, 1.807) is 0 Å². The van der Waals surface area contributed by atoms with Crippen LogP contribution in [-0.4, -0.2) is 95.0 Å². The van der Waals surface area contributed by atoms with Gasteiger partial charge in [0.15, 0.2) is 0 Å². The van der Waals surface area contributed by atoms with Crippen molar-refractivity contribution in [2.75, 3.05) is 64.8 Å². The summed E-state index contributed by atoms with van der Waals surface area (Å²) in [4.78, 5) is 26.0. The molecule has 2 aliphatic rings. The lowest BCUT2D eigenvalue weighted by Crippen LogP contribution is -2.44. The molecule has 3 N–H and O–H groups in total. The van der Waals surface area contributed by atoms with Gasteiger partial charge in [0.2, 0.25) is 0 Å². The maximum Gasteiger partial charge on any atom is 0.256 e. The van der Waals surface area contributed by atoms with Crippen LogP contribution in [0.1, 0.15) is 40.6 Å². The maximum absolute atomic E-state index is 13.2. The number of H-pyrrole nitrogens is 1. The third-order valence-electron chi connectivity index (χ3n) is 8.05. The highest BCUT2D eigenvalue weighted by Gasteiger charge is 2.24. The molecule has 2 saturated heterocycles. The molecule has 4 aromatic rings. The first-order valence-electron chi connectivity index (χ1n) is 14.0. The molecule has 206 valence electrons. The maximum atomic E-state index is 13.2. The summed E-state index contributed by atoms with van der Waals surface area (Å²) in [6.45, 7) is 10.2. The first kappa shape index (κ1) is 25.9. The Kier molecular flexibility index (Phi) is 7.60. The molecule has 1 amide bonds. The van der Waals surface area contributed by atoms with Crippen molar-refractivity contribution in [3.8, 4) is 0 Å². The van der Waals surface area contributed by atoms with Crippen molar-refractivity contribution in [3.63, 3.8) is 0 Å². The van der Waals surface area contributed by atoms with Crippen LogP contribution in [0.15, 0.2) is 36.5 Å². The molecule has 39 heavy (non-hydrogen) atoms. The molecule has 0 bridgehead atoms. The van der Waals surface area contributed by atoms with E-state index in [-0.39, 0.29) is 5.91 Å². The predicted molar refractivity (Wildman–Crippen MR) is 153 cm³/mol. The number of aryl methyl sites for hydroxylation is 1. The van der Waals surface area contributed by atoms with Crippen LogP contribution in [0, 0.1) is 6.92 Å². The fourth-order valence-electron chi connectivity index (χ4n) is 5.82. The van der Waals surface area contributed by atoms with E-state index in [9.17, 15) is 4.79 Å². The number of nitrogens with one attached hydrogen (secondary N) is 3. The van der Waals surface area contributed by atoms with Gasteiger partial charge in [0, 0.05) is 73.1 Å². The van der Waals surface area contributed by atoms with Crippen molar-refractivity contribution in [2.24, 2.45) is 0 Å². The van der Waals surface area contributed by atoms with Crippen molar-refractivity contribution in [1.82, 2.24) is 34.9 Å². The van der Waals surface area contributed by atoms with Crippen molar-refractivity contribution >= 4 is 33.5 Å². The van der Waals surface area contributed by atoms with Crippen LogP contribution in [0.25, 0.3) is 21.8 Å². The van der Waals surface area contributed by atoms with Crippen LogP contribution in [0.2, 0.25) is 0 Å². The number of amides is 1. The highest BCUT2D eigenvalue weighted by Crippen LogP contribution is 2.32. The average molecular weight is 531 g/mol. The van der Waals surface area contributed by atoms with Gasteiger partial charge in [-0.1, -0.05) is 6.07 Å². The second kappa shape index (κ2) is 11.4. The monoisotopic (exact) mass is 530 g/mol. The number of fused-ring (bicyclic) bond motifs is 2. The van der Waals surface area contributed by atoms with Crippen LogP contribution in [-0.2, 0) is 11.3 Å². The molecule has 3 aromatic heterocycles. The molecule has 5 heterocycles. The highest BCUT2D eigenvalue weighted by atomic mass is 16.5. The summed E-state index contributed by atoms with van der Waals surface area (Å²) < 4.78 is 7.86. The van der Waals surface area contributed by atoms with Gasteiger partial charge in [-0.3, -0.25) is 19.3 Å². The van der Waals surface area contributed by atoms with E-state index < -0.39 is 0 Å². The molecule has 0 aliphatic carbocycles. The number of carbonyl (C=O) groups is 1. The molecule has 2 fully saturated rings. The summed E-state index contributed by atoms with van der Waals surface area (Å²) in [5.41, 5.74) is 4.64. The van der Waals surface area contributed by atoms with Gasteiger partial charge in [0.1, 0.15) is 5.82 Å². The second-order valence-corrected chi connectivity index (χ2v) is 10.7. The molecule has 1 aromatic carbocycles. The zero-order chi connectivity index (χ0) is 26.8. The lowest BCUT2D eigenvalue weighted by molar-refractivity contribution is 0.0927. The van der Waals surface area contributed by atoms with Gasteiger partial charge in [-0.15, -0.1) is 0 Å². The smallest absolute Gasteiger partial charge is 0.256 e. The number of ether oxygens (including phenoxy) is 1. The Morgan fingerprint density at radius 3 is 2.79 bits per heavy atom. The quantitative estimate of drug-likeness (QED) is 0.286. The number of aromatic nitrogens is 4. The molecule has 0 spiro atoms. The van der Waals surface area contributed by atoms with Gasteiger partial charge in [-0.2, -0.15) is 5.10 Å². The molecular formula is C29H38N8O2. The summed E-state index contributed by atoms with van der Waals surface area (Å²) in [6.07, 6.45) is 4.19. The largest absolute Gasteiger partial charge is 0.378 e. The van der Waals surface area contributed by atoms with E-state index in [2.05, 4.69) is 43.5 Å². The second-order valence-electron chi connectivity index (χ2n) is 10.7. The lowest BCUT2D eigenvalue weighted by atomic mass is 10.1. The number of hydrogen-bond acceptors (Lipinski definition) is 7. The molecule has 10 heteroatoms. The number of hydrogen-bond donors (Lipinski definition) is 3. The Labute approximate surface area is 228 Å². The molecule has 0 radical (unpaired) electrons. The summed E-state index contributed by atoms with van der Waals surface area (Å²) >= 11 is 0. The summed E-state index contributed by atoms with van der Waals surface area (Å²) in [7, 11) is 2.17. The Balaban J connectivity index is 1.10. The number of anilines is 1. The number of pyridine rings is 1. The van der Waals surface area contributed by atoms with Crippen molar-refractivity contribution in [1.29, 1.82) is 0 Å². The number of likely N-dealkylation sites (tertiary alicyclic amines) is 1. The summed E-state index contributed by atoms with van der Waals surface area (Å²) in [5, 5.41) is 13.2. The number of rotatable bonds is 9. The third-order valence-corrected chi connectivity index (χ3v) is 8.05. The Morgan fingerprint density at radius 2 is 1.97 bits per heavy atom. The third kappa shape index (κ3) is 5.69. The molecule has 1 atom stereocenters. The predicted octanol–water partition coefficient (Wildman–Crippen LogP) is 3.16. The molecule has 2 aliphatic heterocycles. The Morgan fingerprint density at radius 1 is 1.13 bits per heavy atom. The van der Waals surface area contributed by atoms with E-state index in [1.807, 2.05) is 42.1 Å². The molecule has 0 saturated carbocycles. The van der Waals surface area contributed by atoms with Gasteiger partial charge in [-0.25, -0.2) is 4.98 Å². The fraction of sp³-hybridized carbons (Fsp3) is 0.483.